The molecule has 2 aromatic rings. The van der Waals surface area contributed by atoms with Gasteiger partial charge < -0.3 is 0 Å². The van der Waals surface area contributed by atoms with Crippen LogP contribution in [0.1, 0.15) is 38.2 Å². The predicted molar refractivity (Wildman–Crippen MR) is 71.3 cm³/mol. The van der Waals surface area contributed by atoms with Gasteiger partial charge in [-0.15, -0.1) is 0 Å². The zero-order valence-corrected chi connectivity index (χ0v) is 10.6. The van der Waals surface area contributed by atoms with Crippen molar-refractivity contribution in [3.8, 4) is 5.82 Å². The van der Waals surface area contributed by atoms with E-state index in [4.69, 9.17) is 0 Å². The van der Waals surface area contributed by atoms with Gasteiger partial charge in [0, 0.05) is 17.8 Å². The minimum absolute atomic E-state index is 0.872. The summed E-state index contributed by atoms with van der Waals surface area (Å²) in [6.45, 7) is 2.28. The number of nitrogens with zero attached hydrogens (tertiary/aromatic N) is 3. The molecule has 1 atom stereocenters. The number of allylic oxidation sites excluding steroid dienone is 2. The highest BCUT2D eigenvalue weighted by molar-refractivity contribution is 5.65. The largest absolute Gasteiger partial charge is 0.261 e. The Labute approximate surface area is 107 Å². The SMILES string of the molecule is CCC1CC=C(c2cnn(-c3ccn[nH]3)c2)CC1. The van der Waals surface area contributed by atoms with E-state index < -0.39 is 0 Å². The lowest BCUT2D eigenvalue weighted by molar-refractivity contribution is 0.471. The molecule has 0 bridgehead atoms. The molecule has 4 heteroatoms. The Hall–Kier alpha value is -1.84. The molecule has 18 heavy (non-hydrogen) atoms. The second-order valence-electron chi connectivity index (χ2n) is 4.89. The molecule has 1 aliphatic rings. The summed E-state index contributed by atoms with van der Waals surface area (Å²) in [6, 6.07) is 1.92. The number of H-pyrrole nitrogens is 1. The van der Waals surface area contributed by atoms with Crippen LogP contribution in [0, 0.1) is 5.92 Å². The van der Waals surface area contributed by atoms with Gasteiger partial charge in [0.05, 0.1) is 12.4 Å². The van der Waals surface area contributed by atoms with Crippen LogP contribution in [-0.4, -0.2) is 20.0 Å². The molecule has 4 nitrogen and oxygen atoms in total. The number of hydrogen-bond acceptors (Lipinski definition) is 2. The second kappa shape index (κ2) is 4.80. The predicted octanol–water partition coefficient (Wildman–Crippen LogP) is 3.19. The van der Waals surface area contributed by atoms with Gasteiger partial charge in [0.25, 0.3) is 0 Å². The van der Waals surface area contributed by atoms with Crippen LogP contribution in [0.25, 0.3) is 11.4 Å². The Morgan fingerprint density at radius 1 is 1.50 bits per heavy atom. The molecule has 0 radical (unpaired) electrons. The second-order valence-corrected chi connectivity index (χ2v) is 4.89. The van der Waals surface area contributed by atoms with E-state index in [1.54, 1.807) is 6.20 Å². The van der Waals surface area contributed by atoms with Gasteiger partial charge in [0.15, 0.2) is 0 Å². The molecule has 0 saturated heterocycles. The lowest BCUT2D eigenvalue weighted by Gasteiger charge is -2.19. The molecule has 0 amide bonds. The number of aromatic nitrogens is 4. The highest BCUT2D eigenvalue weighted by Gasteiger charge is 2.15. The minimum atomic E-state index is 0.872. The molecule has 0 spiro atoms. The number of nitrogens with one attached hydrogen (secondary N) is 1. The molecule has 1 aliphatic carbocycles. The molecule has 1 N–H and O–H groups in total. The number of aromatic amines is 1. The van der Waals surface area contributed by atoms with Crippen molar-refractivity contribution in [3.63, 3.8) is 0 Å². The summed E-state index contributed by atoms with van der Waals surface area (Å²) in [5.74, 6) is 1.78. The van der Waals surface area contributed by atoms with Crippen LogP contribution in [0.4, 0.5) is 0 Å². The Bertz CT molecular complexity index is 536. The average molecular weight is 242 g/mol. The standard InChI is InChI=1S/C14H18N4/c1-2-11-3-5-12(6-4-11)13-9-16-18(10-13)14-7-8-15-17-14/h5,7-11H,2-4,6H2,1H3,(H,15,17). The fraction of sp³-hybridized carbons (Fsp3) is 0.429. The highest BCUT2D eigenvalue weighted by atomic mass is 15.3. The molecule has 94 valence electrons. The van der Waals surface area contributed by atoms with Gasteiger partial charge in [-0.3, -0.25) is 5.10 Å². The lowest BCUT2D eigenvalue weighted by Crippen LogP contribution is -2.03. The van der Waals surface area contributed by atoms with Crippen molar-refractivity contribution in [1.29, 1.82) is 0 Å². The molecule has 2 aromatic heterocycles. The van der Waals surface area contributed by atoms with Crippen LogP contribution in [0.2, 0.25) is 0 Å². The maximum atomic E-state index is 4.38. The van der Waals surface area contributed by atoms with E-state index in [1.165, 1.54) is 36.8 Å². The van der Waals surface area contributed by atoms with E-state index in [9.17, 15) is 0 Å². The Balaban J connectivity index is 1.80. The van der Waals surface area contributed by atoms with Crippen LogP contribution >= 0.6 is 0 Å². The smallest absolute Gasteiger partial charge is 0.149 e. The van der Waals surface area contributed by atoms with E-state index >= 15 is 0 Å². The monoisotopic (exact) mass is 242 g/mol. The Morgan fingerprint density at radius 3 is 3.11 bits per heavy atom. The van der Waals surface area contributed by atoms with Gasteiger partial charge in [-0.25, -0.2) is 4.68 Å². The third-order valence-corrected chi connectivity index (χ3v) is 3.78. The average Bonchev–Trinajstić information content (AvgIpc) is 3.09. The molecular formula is C14H18N4. The van der Waals surface area contributed by atoms with Crippen molar-refractivity contribution in [2.75, 3.05) is 0 Å². The first-order valence-electron chi connectivity index (χ1n) is 6.60. The summed E-state index contributed by atoms with van der Waals surface area (Å²) < 4.78 is 1.84. The van der Waals surface area contributed by atoms with Gasteiger partial charge in [0.2, 0.25) is 0 Å². The normalized spacial score (nSPS) is 19.8. The molecule has 0 fully saturated rings. The Morgan fingerprint density at radius 2 is 2.44 bits per heavy atom. The first-order chi connectivity index (χ1) is 8.86. The molecule has 0 aromatic carbocycles. The summed E-state index contributed by atoms with van der Waals surface area (Å²) in [6.07, 6.45) is 13.1. The first kappa shape index (κ1) is 11.3. The van der Waals surface area contributed by atoms with Crippen molar-refractivity contribution >= 4 is 5.57 Å². The molecule has 0 aliphatic heterocycles. The molecule has 0 saturated carbocycles. The number of hydrogen-bond donors (Lipinski definition) is 1. The molecule has 1 unspecified atom stereocenters. The van der Waals surface area contributed by atoms with Crippen LogP contribution in [0.15, 0.2) is 30.7 Å². The fourth-order valence-electron chi connectivity index (χ4n) is 2.52. The maximum Gasteiger partial charge on any atom is 0.149 e. The van der Waals surface area contributed by atoms with Crippen molar-refractivity contribution in [3.05, 3.63) is 36.3 Å². The third-order valence-electron chi connectivity index (χ3n) is 3.78. The summed E-state index contributed by atoms with van der Waals surface area (Å²) >= 11 is 0. The van der Waals surface area contributed by atoms with Crippen LogP contribution in [0.3, 0.4) is 0 Å². The van der Waals surface area contributed by atoms with Crippen molar-refractivity contribution in [1.82, 2.24) is 20.0 Å². The summed E-state index contributed by atoms with van der Waals surface area (Å²) in [7, 11) is 0. The fourth-order valence-corrected chi connectivity index (χ4v) is 2.52. The topological polar surface area (TPSA) is 46.5 Å². The quantitative estimate of drug-likeness (QED) is 0.898. The van der Waals surface area contributed by atoms with Crippen LogP contribution in [0.5, 0.6) is 0 Å². The minimum Gasteiger partial charge on any atom is -0.261 e. The summed E-state index contributed by atoms with van der Waals surface area (Å²) in [5.41, 5.74) is 2.67. The first-order valence-corrected chi connectivity index (χ1v) is 6.60. The van der Waals surface area contributed by atoms with E-state index in [2.05, 4.69) is 34.5 Å². The van der Waals surface area contributed by atoms with E-state index in [0.29, 0.717) is 0 Å². The van der Waals surface area contributed by atoms with Crippen LogP contribution < -0.4 is 0 Å². The van der Waals surface area contributed by atoms with E-state index in [-0.39, 0.29) is 0 Å². The van der Waals surface area contributed by atoms with Gasteiger partial charge >= 0.3 is 0 Å². The van der Waals surface area contributed by atoms with E-state index in [1.807, 2.05) is 16.9 Å². The molecule has 2 heterocycles. The maximum absolute atomic E-state index is 4.38. The highest BCUT2D eigenvalue weighted by Crippen LogP contribution is 2.31. The van der Waals surface area contributed by atoms with E-state index in [0.717, 1.165) is 11.7 Å². The van der Waals surface area contributed by atoms with Gasteiger partial charge in [-0.05, 0) is 30.8 Å². The summed E-state index contributed by atoms with van der Waals surface area (Å²) in [4.78, 5) is 0. The van der Waals surface area contributed by atoms with Crippen molar-refractivity contribution in [2.24, 2.45) is 5.92 Å². The summed E-state index contributed by atoms with van der Waals surface area (Å²) in [5, 5.41) is 11.2. The van der Waals surface area contributed by atoms with Crippen LogP contribution in [-0.2, 0) is 0 Å². The van der Waals surface area contributed by atoms with Gasteiger partial charge in [-0.2, -0.15) is 10.2 Å². The van der Waals surface area contributed by atoms with Crippen molar-refractivity contribution in [2.45, 2.75) is 32.6 Å². The zero-order chi connectivity index (χ0) is 12.4. The molecular weight excluding hydrogens is 224 g/mol. The lowest BCUT2D eigenvalue weighted by atomic mass is 9.86. The van der Waals surface area contributed by atoms with Gasteiger partial charge in [0.1, 0.15) is 5.82 Å². The zero-order valence-electron chi connectivity index (χ0n) is 10.6. The Kier molecular flexibility index (Phi) is 3.00. The number of rotatable bonds is 3. The molecule has 3 rings (SSSR count). The van der Waals surface area contributed by atoms with Crippen molar-refractivity contribution < 1.29 is 0 Å². The van der Waals surface area contributed by atoms with Gasteiger partial charge in [-0.1, -0.05) is 19.4 Å². The third kappa shape index (κ3) is 2.10.